The first kappa shape index (κ1) is 15.3. The van der Waals surface area contributed by atoms with Gasteiger partial charge < -0.3 is 16.2 Å². The number of imidazole rings is 1. The third kappa shape index (κ3) is 3.12. The predicted molar refractivity (Wildman–Crippen MR) is 92.2 cm³/mol. The van der Waals surface area contributed by atoms with Crippen molar-refractivity contribution >= 4 is 17.2 Å². The standard InChI is InChI=1S/C17H21N5O/c1-11(2)14(10-23)20-16-7-8-17-19-9-15(22(17)21-16)12-3-5-13(18)6-4-12/h3-9,11,14,23H,10,18H2,1-2H3,(H,20,21). The molecule has 0 bridgehead atoms. The van der Waals surface area contributed by atoms with Crippen LogP contribution >= 0.6 is 0 Å². The van der Waals surface area contributed by atoms with E-state index in [1.165, 1.54) is 0 Å². The number of hydrogen-bond donors (Lipinski definition) is 3. The highest BCUT2D eigenvalue weighted by molar-refractivity contribution is 5.65. The number of aliphatic hydroxyl groups is 1. The van der Waals surface area contributed by atoms with Crippen molar-refractivity contribution in [3.05, 3.63) is 42.6 Å². The molecule has 2 aromatic heterocycles. The van der Waals surface area contributed by atoms with Crippen molar-refractivity contribution in [2.45, 2.75) is 19.9 Å². The van der Waals surface area contributed by atoms with E-state index in [0.29, 0.717) is 11.7 Å². The lowest BCUT2D eigenvalue weighted by Gasteiger charge is -2.20. The van der Waals surface area contributed by atoms with Gasteiger partial charge >= 0.3 is 0 Å². The third-order valence-electron chi connectivity index (χ3n) is 3.90. The maximum absolute atomic E-state index is 9.47. The summed E-state index contributed by atoms with van der Waals surface area (Å²) in [6.07, 6.45) is 1.80. The molecule has 0 aliphatic carbocycles. The Labute approximate surface area is 135 Å². The number of benzene rings is 1. The van der Waals surface area contributed by atoms with E-state index >= 15 is 0 Å². The Morgan fingerprint density at radius 1 is 1.17 bits per heavy atom. The molecule has 0 amide bonds. The molecule has 0 radical (unpaired) electrons. The minimum absolute atomic E-state index is 0.0385. The van der Waals surface area contributed by atoms with Crippen molar-refractivity contribution in [3.8, 4) is 11.3 Å². The van der Waals surface area contributed by atoms with E-state index in [9.17, 15) is 5.11 Å². The molecule has 6 nitrogen and oxygen atoms in total. The number of nitrogens with two attached hydrogens (primary N) is 1. The quantitative estimate of drug-likeness (QED) is 0.630. The van der Waals surface area contributed by atoms with E-state index in [1.54, 1.807) is 10.7 Å². The molecular weight excluding hydrogens is 290 g/mol. The van der Waals surface area contributed by atoms with Crippen LogP contribution in [0.15, 0.2) is 42.6 Å². The fourth-order valence-electron chi connectivity index (χ4n) is 2.41. The van der Waals surface area contributed by atoms with Crippen LogP contribution < -0.4 is 11.1 Å². The SMILES string of the molecule is CC(C)C(CO)Nc1ccc2ncc(-c3ccc(N)cc3)n2n1. The van der Waals surface area contributed by atoms with Crippen LogP contribution in [0.5, 0.6) is 0 Å². The van der Waals surface area contributed by atoms with Gasteiger partial charge in [0.1, 0.15) is 5.82 Å². The van der Waals surface area contributed by atoms with Gasteiger partial charge in [-0.1, -0.05) is 26.0 Å². The molecule has 1 aromatic carbocycles. The number of aliphatic hydroxyl groups excluding tert-OH is 1. The van der Waals surface area contributed by atoms with E-state index in [0.717, 1.165) is 22.6 Å². The Morgan fingerprint density at radius 3 is 2.57 bits per heavy atom. The summed E-state index contributed by atoms with van der Waals surface area (Å²) in [6.45, 7) is 4.18. The first-order valence-corrected chi connectivity index (χ1v) is 7.66. The number of hydrogen-bond acceptors (Lipinski definition) is 5. The number of aromatic nitrogens is 3. The summed E-state index contributed by atoms with van der Waals surface area (Å²) >= 11 is 0. The van der Waals surface area contributed by atoms with Crippen LogP contribution in [0, 0.1) is 5.92 Å². The first-order chi connectivity index (χ1) is 11.1. The van der Waals surface area contributed by atoms with Crippen molar-refractivity contribution in [2.75, 3.05) is 17.7 Å². The maximum atomic E-state index is 9.47. The van der Waals surface area contributed by atoms with Gasteiger partial charge in [0, 0.05) is 11.3 Å². The normalized spacial score (nSPS) is 12.7. The van der Waals surface area contributed by atoms with Crippen LogP contribution in [0.1, 0.15) is 13.8 Å². The molecule has 1 atom stereocenters. The third-order valence-corrected chi connectivity index (χ3v) is 3.90. The van der Waals surface area contributed by atoms with Gasteiger partial charge in [0.15, 0.2) is 5.65 Å². The van der Waals surface area contributed by atoms with Crippen LogP contribution in [-0.2, 0) is 0 Å². The molecule has 4 N–H and O–H groups in total. The predicted octanol–water partition coefficient (Wildman–Crippen LogP) is 2.41. The molecule has 2 heterocycles. The molecule has 120 valence electrons. The largest absolute Gasteiger partial charge is 0.399 e. The van der Waals surface area contributed by atoms with Crippen molar-refractivity contribution in [3.63, 3.8) is 0 Å². The average Bonchev–Trinajstić information content (AvgIpc) is 2.96. The van der Waals surface area contributed by atoms with Crippen LogP contribution in [0.3, 0.4) is 0 Å². The molecule has 23 heavy (non-hydrogen) atoms. The van der Waals surface area contributed by atoms with Gasteiger partial charge in [-0.15, -0.1) is 5.10 Å². The van der Waals surface area contributed by atoms with Crippen molar-refractivity contribution in [1.82, 2.24) is 14.6 Å². The molecule has 0 spiro atoms. The van der Waals surface area contributed by atoms with Crippen LogP contribution in [0.4, 0.5) is 11.5 Å². The lowest BCUT2D eigenvalue weighted by atomic mass is 10.1. The average molecular weight is 311 g/mol. The highest BCUT2D eigenvalue weighted by Gasteiger charge is 2.14. The van der Waals surface area contributed by atoms with E-state index in [2.05, 4.69) is 29.2 Å². The fourth-order valence-corrected chi connectivity index (χ4v) is 2.41. The molecule has 3 aromatic rings. The highest BCUT2D eigenvalue weighted by Crippen LogP contribution is 2.22. The van der Waals surface area contributed by atoms with Gasteiger partial charge in [-0.2, -0.15) is 0 Å². The summed E-state index contributed by atoms with van der Waals surface area (Å²) in [5.74, 6) is 1.01. The van der Waals surface area contributed by atoms with Gasteiger partial charge in [0.05, 0.1) is 24.5 Å². The Balaban J connectivity index is 1.98. The van der Waals surface area contributed by atoms with E-state index < -0.39 is 0 Å². The molecule has 0 aliphatic heterocycles. The molecule has 6 heteroatoms. The molecule has 0 aliphatic rings. The first-order valence-electron chi connectivity index (χ1n) is 7.66. The van der Waals surface area contributed by atoms with Gasteiger partial charge in [-0.05, 0) is 30.2 Å². The maximum Gasteiger partial charge on any atom is 0.154 e. The minimum Gasteiger partial charge on any atom is -0.399 e. The smallest absolute Gasteiger partial charge is 0.154 e. The molecule has 0 fully saturated rings. The monoisotopic (exact) mass is 311 g/mol. The van der Waals surface area contributed by atoms with Crippen molar-refractivity contribution in [2.24, 2.45) is 5.92 Å². The number of fused-ring (bicyclic) bond motifs is 1. The zero-order chi connectivity index (χ0) is 16.4. The summed E-state index contributed by atoms with van der Waals surface area (Å²) in [4.78, 5) is 4.39. The van der Waals surface area contributed by atoms with E-state index in [1.807, 2.05) is 36.4 Å². The highest BCUT2D eigenvalue weighted by atomic mass is 16.3. The van der Waals surface area contributed by atoms with Crippen LogP contribution in [0.25, 0.3) is 16.9 Å². The second-order valence-electron chi connectivity index (χ2n) is 5.93. The summed E-state index contributed by atoms with van der Waals surface area (Å²) < 4.78 is 1.79. The van der Waals surface area contributed by atoms with Gasteiger partial charge in [0.25, 0.3) is 0 Å². The second kappa shape index (κ2) is 6.26. The Kier molecular flexibility index (Phi) is 4.16. The van der Waals surface area contributed by atoms with Gasteiger partial charge in [-0.3, -0.25) is 0 Å². The summed E-state index contributed by atoms with van der Waals surface area (Å²) in [7, 11) is 0. The van der Waals surface area contributed by atoms with Gasteiger partial charge in [-0.25, -0.2) is 9.50 Å². The van der Waals surface area contributed by atoms with Crippen molar-refractivity contribution in [1.29, 1.82) is 0 Å². The molecule has 0 saturated carbocycles. The molecule has 3 rings (SSSR count). The second-order valence-corrected chi connectivity index (χ2v) is 5.93. The van der Waals surface area contributed by atoms with E-state index in [-0.39, 0.29) is 12.6 Å². The Morgan fingerprint density at radius 2 is 1.91 bits per heavy atom. The number of nitrogens with zero attached hydrogens (tertiary/aromatic N) is 3. The number of rotatable bonds is 5. The number of nitrogen functional groups attached to an aromatic ring is 1. The van der Waals surface area contributed by atoms with Crippen molar-refractivity contribution < 1.29 is 5.11 Å². The number of anilines is 2. The molecule has 1 unspecified atom stereocenters. The molecule has 0 saturated heterocycles. The Hall–Kier alpha value is -2.60. The zero-order valence-corrected chi connectivity index (χ0v) is 13.3. The molecular formula is C17H21N5O. The topological polar surface area (TPSA) is 88.5 Å². The summed E-state index contributed by atoms with van der Waals surface area (Å²) in [5, 5.41) is 17.3. The zero-order valence-electron chi connectivity index (χ0n) is 13.3. The van der Waals surface area contributed by atoms with Crippen LogP contribution in [-0.4, -0.2) is 32.4 Å². The van der Waals surface area contributed by atoms with Crippen LogP contribution in [0.2, 0.25) is 0 Å². The summed E-state index contributed by atoms with van der Waals surface area (Å²) in [5.41, 5.74) is 9.13. The summed E-state index contributed by atoms with van der Waals surface area (Å²) in [6, 6.07) is 11.4. The lowest BCUT2D eigenvalue weighted by Crippen LogP contribution is -2.30. The van der Waals surface area contributed by atoms with E-state index in [4.69, 9.17) is 5.73 Å². The number of nitrogens with one attached hydrogen (secondary N) is 1. The lowest BCUT2D eigenvalue weighted by molar-refractivity contribution is 0.249. The fraction of sp³-hybridized carbons (Fsp3) is 0.294. The Bertz CT molecular complexity index is 794. The van der Waals surface area contributed by atoms with Gasteiger partial charge in [0.2, 0.25) is 0 Å². The minimum atomic E-state index is -0.0385.